The number of halogens is 3. The molecular formula is C20H14F3N5O. The number of amides is 1. The highest BCUT2D eigenvalue weighted by Crippen LogP contribution is 2.35. The molecule has 0 spiro atoms. The van der Waals surface area contributed by atoms with Gasteiger partial charge >= 0.3 is 6.18 Å². The predicted octanol–water partition coefficient (Wildman–Crippen LogP) is 5.01. The van der Waals surface area contributed by atoms with Crippen molar-refractivity contribution in [3.8, 4) is 0 Å². The number of hydrogen-bond donors (Lipinski definition) is 2. The third-order valence-electron chi connectivity index (χ3n) is 4.31. The molecule has 29 heavy (non-hydrogen) atoms. The molecule has 0 unspecified atom stereocenters. The van der Waals surface area contributed by atoms with Gasteiger partial charge in [-0.1, -0.05) is 6.07 Å². The molecule has 0 aliphatic rings. The molecule has 0 aliphatic carbocycles. The molecule has 1 amide bonds. The summed E-state index contributed by atoms with van der Waals surface area (Å²) in [6, 6.07) is 13.2. The molecule has 0 bridgehead atoms. The van der Waals surface area contributed by atoms with Crippen molar-refractivity contribution in [3.63, 3.8) is 0 Å². The number of benzene rings is 2. The van der Waals surface area contributed by atoms with E-state index in [4.69, 9.17) is 0 Å². The first kappa shape index (κ1) is 18.5. The van der Waals surface area contributed by atoms with Crippen molar-refractivity contribution < 1.29 is 18.0 Å². The van der Waals surface area contributed by atoms with Crippen molar-refractivity contribution in [1.29, 1.82) is 0 Å². The maximum Gasteiger partial charge on any atom is 0.416 e. The van der Waals surface area contributed by atoms with E-state index in [9.17, 15) is 18.0 Å². The molecule has 2 N–H and O–H groups in total. The lowest BCUT2D eigenvalue weighted by molar-refractivity contribution is -0.137. The average molecular weight is 397 g/mol. The molecule has 0 radical (unpaired) electrons. The van der Waals surface area contributed by atoms with Gasteiger partial charge in [0.1, 0.15) is 0 Å². The molecule has 2 aromatic carbocycles. The summed E-state index contributed by atoms with van der Waals surface area (Å²) >= 11 is 0. The number of aromatic amines is 1. The van der Waals surface area contributed by atoms with E-state index in [2.05, 4.69) is 20.5 Å². The number of rotatable bonds is 5. The van der Waals surface area contributed by atoms with Gasteiger partial charge in [0.25, 0.3) is 0 Å². The Kier molecular flexibility index (Phi) is 4.63. The van der Waals surface area contributed by atoms with Crippen LogP contribution >= 0.6 is 0 Å². The van der Waals surface area contributed by atoms with E-state index in [0.717, 1.165) is 27.9 Å². The first-order chi connectivity index (χ1) is 14.0. The Morgan fingerprint density at radius 2 is 1.93 bits per heavy atom. The van der Waals surface area contributed by atoms with Crippen molar-refractivity contribution in [2.24, 2.45) is 0 Å². The summed E-state index contributed by atoms with van der Waals surface area (Å²) in [4.78, 5) is 17.1. The fraction of sp³-hybridized carbons (Fsp3) is 0.0500. The van der Waals surface area contributed by atoms with Gasteiger partial charge in [0.15, 0.2) is 5.82 Å². The van der Waals surface area contributed by atoms with Crippen LogP contribution in [-0.4, -0.2) is 21.6 Å². The number of anilines is 4. The average Bonchev–Trinajstić information content (AvgIpc) is 3.17. The van der Waals surface area contributed by atoms with Gasteiger partial charge < -0.3 is 5.32 Å². The zero-order chi connectivity index (χ0) is 20.4. The molecule has 4 aromatic rings. The third-order valence-corrected chi connectivity index (χ3v) is 4.31. The van der Waals surface area contributed by atoms with E-state index in [1.165, 1.54) is 18.3 Å². The number of nitrogens with zero attached hydrogens (tertiary/aromatic N) is 3. The van der Waals surface area contributed by atoms with Crippen LogP contribution in [0.4, 0.5) is 36.1 Å². The van der Waals surface area contributed by atoms with Crippen LogP contribution in [0.15, 0.2) is 67.0 Å². The highest BCUT2D eigenvalue weighted by atomic mass is 19.4. The molecule has 9 heteroatoms. The van der Waals surface area contributed by atoms with Crippen molar-refractivity contribution in [2.75, 3.05) is 10.2 Å². The van der Waals surface area contributed by atoms with Gasteiger partial charge in [0.05, 0.1) is 23.0 Å². The fourth-order valence-electron chi connectivity index (χ4n) is 2.93. The highest BCUT2D eigenvalue weighted by molar-refractivity contribution is 5.92. The maximum absolute atomic E-state index is 13.1. The largest absolute Gasteiger partial charge is 0.416 e. The number of hydrogen-bond acceptors (Lipinski definition) is 4. The number of alkyl halides is 3. The quantitative estimate of drug-likeness (QED) is 0.464. The minimum absolute atomic E-state index is 0.0786. The van der Waals surface area contributed by atoms with Crippen molar-refractivity contribution in [2.45, 2.75) is 6.18 Å². The summed E-state index contributed by atoms with van der Waals surface area (Å²) in [6.45, 7) is 0. The molecule has 0 aliphatic heterocycles. The van der Waals surface area contributed by atoms with Crippen LogP contribution in [0.5, 0.6) is 0 Å². The van der Waals surface area contributed by atoms with E-state index in [0.29, 0.717) is 23.6 Å². The lowest BCUT2D eigenvalue weighted by Crippen LogP contribution is -2.17. The number of carbonyl (C=O) groups is 1. The van der Waals surface area contributed by atoms with Crippen molar-refractivity contribution in [1.82, 2.24) is 15.2 Å². The maximum atomic E-state index is 13.1. The molecule has 0 saturated heterocycles. The van der Waals surface area contributed by atoms with Crippen LogP contribution in [-0.2, 0) is 11.0 Å². The number of carbonyl (C=O) groups excluding carboxylic acids is 1. The van der Waals surface area contributed by atoms with E-state index in [-0.39, 0.29) is 5.69 Å². The zero-order valence-electron chi connectivity index (χ0n) is 14.8. The molecule has 0 atom stereocenters. The molecule has 2 heterocycles. The Labute approximate surface area is 163 Å². The highest BCUT2D eigenvalue weighted by Gasteiger charge is 2.31. The van der Waals surface area contributed by atoms with E-state index in [1.54, 1.807) is 18.3 Å². The lowest BCUT2D eigenvalue weighted by atomic mass is 10.1. The normalized spacial score (nSPS) is 11.4. The topological polar surface area (TPSA) is 73.9 Å². The standard InChI is InChI=1S/C20H14F3N5O/c21-20(22,23)14-3-1-4-16(9-14)28(12-29)18-5-2-8-24-19(18)26-15-7-6-13-11-25-27-17(13)10-15/h1-12H,(H,24,26)(H,25,27). The van der Waals surface area contributed by atoms with Crippen LogP contribution in [0.25, 0.3) is 10.9 Å². The fourth-order valence-corrected chi connectivity index (χ4v) is 2.93. The summed E-state index contributed by atoms with van der Waals surface area (Å²) < 4.78 is 39.2. The third kappa shape index (κ3) is 3.75. The van der Waals surface area contributed by atoms with Crippen LogP contribution in [0, 0.1) is 0 Å². The monoisotopic (exact) mass is 397 g/mol. The van der Waals surface area contributed by atoms with Crippen LogP contribution in [0.3, 0.4) is 0 Å². The number of pyridine rings is 1. The summed E-state index contributed by atoms with van der Waals surface area (Å²) in [5.41, 5.74) is 1.03. The molecule has 0 fully saturated rings. The SMILES string of the molecule is O=CN(c1cccc(C(F)(F)F)c1)c1cccnc1Nc1ccc2cn[nH]c2c1. The van der Waals surface area contributed by atoms with Gasteiger partial charge in [-0.25, -0.2) is 4.98 Å². The minimum Gasteiger partial charge on any atom is -0.338 e. The minimum atomic E-state index is -4.51. The van der Waals surface area contributed by atoms with Gasteiger partial charge in [-0.05, 0) is 48.5 Å². The Morgan fingerprint density at radius 3 is 2.72 bits per heavy atom. The van der Waals surface area contributed by atoms with Crippen molar-refractivity contribution in [3.05, 3.63) is 72.6 Å². The van der Waals surface area contributed by atoms with Gasteiger partial charge in [0.2, 0.25) is 6.41 Å². The molecule has 0 saturated carbocycles. The van der Waals surface area contributed by atoms with Crippen LogP contribution < -0.4 is 10.2 Å². The molecule has 2 aromatic heterocycles. The first-order valence-electron chi connectivity index (χ1n) is 8.53. The second-order valence-electron chi connectivity index (χ2n) is 6.19. The number of fused-ring (bicyclic) bond motifs is 1. The molecule has 146 valence electrons. The second-order valence-corrected chi connectivity index (χ2v) is 6.19. The Balaban J connectivity index is 1.72. The summed E-state index contributed by atoms with van der Waals surface area (Å²) in [7, 11) is 0. The Hall–Kier alpha value is -3.88. The first-order valence-corrected chi connectivity index (χ1v) is 8.53. The van der Waals surface area contributed by atoms with Gasteiger partial charge in [-0.2, -0.15) is 18.3 Å². The summed E-state index contributed by atoms with van der Waals surface area (Å²) in [5, 5.41) is 10.8. The predicted molar refractivity (Wildman–Crippen MR) is 103 cm³/mol. The van der Waals surface area contributed by atoms with Gasteiger partial charge in [0, 0.05) is 23.0 Å². The zero-order valence-corrected chi connectivity index (χ0v) is 14.8. The van der Waals surface area contributed by atoms with E-state index < -0.39 is 11.7 Å². The number of aromatic nitrogens is 3. The number of H-pyrrole nitrogens is 1. The van der Waals surface area contributed by atoms with Crippen molar-refractivity contribution >= 4 is 40.2 Å². The number of nitrogens with one attached hydrogen (secondary N) is 2. The van der Waals surface area contributed by atoms with Crippen LogP contribution in [0.2, 0.25) is 0 Å². The molecule has 4 rings (SSSR count). The molecular weight excluding hydrogens is 383 g/mol. The Bertz CT molecular complexity index is 1170. The smallest absolute Gasteiger partial charge is 0.338 e. The van der Waals surface area contributed by atoms with Gasteiger partial charge in [-0.3, -0.25) is 14.8 Å². The van der Waals surface area contributed by atoms with Crippen LogP contribution in [0.1, 0.15) is 5.56 Å². The molecule has 6 nitrogen and oxygen atoms in total. The second kappa shape index (κ2) is 7.27. The van der Waals surface area contributed by atoms with E-state index in [1.807, 2.05) is 18.2 Å². The summed E-state index contributed by atoms with van der Waals surface area (Å²) in [6.07, 6.45) is -0.849. The lowest BCUT2D eigenvalue weighted by Gasteiger charge is -2.21. The Morgan fingerprint density at radius 1 is 1.07 bits per heavy atom. The van der Waals surface area contributed by atoms with E-state index >= 15 is 0 Å². The summed E-state index contributed by atoms with van der Waals surface area (Å²) in [5.74, 6) is 0.316. The van der Waals surface area contributed by atoms with Gasteiger partial charge in [-0.15, -0.1) is 0 Å².